The highest BCUT2D eigenvalue weighted by atomic mass is 16.3. The third-order valence-corrected chi connectivity index (χ3v) is 1.63. The Hall–Kier alpha value is -1.58. The van der Waals surface area contributed by atoms with E-state index in [0.29, 0.717) is 0 Å². The molecule has 1 amide bonds. The van der Waals surface area contributed by atoms with Crippen molar-refractivity contribution in [3.63, 3.8) is 0 Å². The van der Waals surface area contributed by atoms with Crippen molar-refractivity contribution < 1.29 is 9.90 Å². The van der Waals surface area contributed by atoms with Gasteiger partial charge in [0.2, 0.25) is 5.91 Å². The molecule has 0 aliphatic carbocycles. The molecule has 0 spiro atoms. The molecule has 0 aliphatic heterocycles. The molecule has 1 atom stereocenters. The highest BCUT2D eigenvalue weighted by Gasteiger charge is 2.06. The van der Waals surface area contributed by atoms with Crippen molar-refractivity contribution in [3.05, 3.63) is 24.0 Å². The largest absolute Gasteiger partial charge is 0.506 e. The van der Waals surface area contributed by atoms with Crippen molar-refractivity contribution in [1.82, 2.24) is 10.3 Å². The van der Waals surface area contributed by atoms with Gasteiger partial charge in [-0.25, -0.2) is 0 Å². The van der Waals surface area contributed by atoms with E-state index in [0.717, 1.165) is 5.69 Å². The highest BCUT2D eigenvalue weighted by molar-refractivity contribution is 5.73. The number of amides is 1. The smallest absolute Gasteiger partial charge is 0.217 e. The molecule has 0 aromatic carbocycles. The zero-order valence-corrected chi connectivity index (χ0v) is 7.61. The van der Waals surface area contributed by atoms with Crippen LogP contribution in [0.3, 0.4) is 0 Å². The lowest BCUT2D eigenvalue weighted by Gasteiger charge is -2.11. The van der Waals surface area contributed by atoms with Crippen molar-refractivity contribution in [2.45, 2.75) is 19.9 Å². The SMILES string of the molecule is CC(=O)NC(C)c1ccc(O)cn1. The summed E-state index contributed by atoms with van der Waals surface area (Å²) in [7, 11) is 0. The van der Waals surface area contributed by atoms with E-state index in [1.165, 1.54) is 13.1 Å². The van der Waals surface area contributed by atoms with Crippen LogP contribution >= 0.6 is 0 Å². The van der Waals surface area contributed by atoms with Gasteiger partial charge in [-0.3, -0.25) is 9.78 Å². The first-order valence-corrected chi connectivity index (χ1v) is 4.01. The first-order chi connectivity index (χ1) is 6.09. The number of hydrogen-bond acceptors (Lipinski definition) is 3. The average Bonchev–Trinajstić information content (AvgIpc) is 2.04. The predicted octanol–water partition coefficient (Wildman–Crippen LogP) is 0.984. The van der Waals surface area contributed by atoms with E-state index in [1.807, 2.05) is 6.92 Å². The zero-order valence-electron chi connectivity index (χ0n) is 7.61. The monoisotopic (exact) mass is 180 g/mol. The normalized spacial score (nSPS) is 12.2. The third kappa shape index (κ3) is 2.74. The van der Waals surface area contributed by atoms with Gasteiger partial charge in [-0.05, 0) is 19.1 Å². The van der Waals surface area contributed by atoms with E-state index in [-0.39, 0.29) is 17.7 Å². The summed E-state index contributed by atoms with van der Waals surface area (Å²) >= 11 is 0. The minimum absolute atomic E-state index is 0.0950. The topological polar surface area (TPSA) is 62.2 Å². The molecule has 4 heteroatoms. The molecular weight excluding hydrogens is 168 g/mol. The molecule has 0 radical (unpaired) electrons. The molecule has 70 valence electrons. The number of rotatable bonds is 2. The van der Waals surface area contributed by atoms with Gasteiger partial charge in [-0.2, -0.15) is 0 Å². The second-order valence-electron chi connectivity index (χ2n) is 2.86. The van der Waals surface area contributed by atoms with Crippen LogP contribution in [0.15, 0.2) is 18.3 Å². The number of nitrogens with one attached hydrogen (secondary N) is 1. The average molecular weight is 180 g/mol. The molecule has 0 saturated heterocycles. The first-order valence-electron chi connectivity index (χ1n) is 4.01. The van der Waals surface area contributed by atoms with Crippen LogP contribution in [-0.2, 0) is 4.79 Å². The molecule has 1 unspecified atom stereocenters. The van der Waals surface area contributed by atoms with Gasteiger partial charge < -0.3 is 10.4 Å². The molecule has 1 rings (SSSR count). The molecule has 0 bridgehead atoms. The summed E-state index contributed by atoms with van der Waals surface area (Å²) < 4.78 is 0. The fourth-order valence-corrected chi connectivity index (χ4v) is 1.03. The standard InChI is InChI=1S/C9H12N2O2/c1-6(11-7(2)12)9-4-3-8(13)5-10-9/h3-6,13H,1-2H3,(H,11,12). The second kappa shape index (κ2) is 3.89. The van der Waals surface area contributed by atoms with Crippen LogP contribution in [0.2, 0.25) is 0 Å². The number of nitrogens with zero attached hydrogens (tertiary/aromatic N) is 1. The Morgan fingerprint density at radius 2 is 2.31 bits per heavy atom. The van der Waals surface area contributed by atoms with E-state index in [9.17, 15) is 4.79 Å². The molecule has 4 nitrogen and oxygen atoms in total. The summed E-state index contributed by atoms with van der Waals surface area (Å²) in [6.07, 6.45) is 1.35. The maximum Gasteiger partial charge on any atom is 0.217 e. The van der Waals surface area contributed by atoms with E-state index in [4.69, 9.17) is 5.11 Å². The van der Waals surface area contributed by atoms with E-state index in [1.54, 1.807) is 12.1 Å². The molecule has 2 N–H and O–H groups in total. The van der Waals surface area contributed by atoms with Gasteiger partial charge in [0.15, 0.2) is 0 Å². The Bertz CT molecular complexity index is 295. The fraction of sp³-hybridized carbons (Fsp3) is 0.333. The Kier molecular flexibility index (Phi) is 2.84. The van der Waals surface area contributed by atoms with Gasteiger partial charge in [0.25, 0.3) is 0 Å². The number of aromatic hydroxyl groups is 1. The van der Waals surface area contributed by atoms with Crippen LogP contribution < -0.4 is 5.32 Å². The van der Waals surface area contributed by atoms with Gasteiger partial charge in [0, 0.05) is 6.92 Å². The lowest BCUT2D eigenvalue weighted by atomic mass is 10.2. The molecule has 13 heavy (non-hydrogen) atoms. The lowest BCUT2D eigenvalue weighted by Crippen LogP contribution is -2.24. The van der Waals surface area contributed by atoms with E-state index >= 15 is 0 Å². The molecule has 1 heterocycles. The molecule has 0 aliphatic rings. The Morgan fingerprint density at radius 3 is 2.77 bits per heavy atom. The Morgan fingerprint density at radius 1 is 1.62 bits per heavy atom. The molecule has 1 aromatic heterocycles. The van der Waals surface area contributed by atoms with Crippen LogP contribution in [-0.4, -0.2) is 16.0 Å². The summed E-state index contributed by atoms with van der Waals surface area (Å²) in [4.78, 5) is 14.7. The van der Waals surface area contributed by atoms with Crippen LogP contribution in [0.1, 0.15) is 25.6 Å². The summed E-state index contributed by atoms with van der Waals surface area (Å²) in [5.41, 5.74) is 0.730. The van der Waals surface area contributed by atoms with Crippen LogP contribution in [0, 0.1) is 0 Å². The van der Waals surface area contributed by atoms with Crippen molar-refractivity contribution in [3.8, 4) is 5.75 Å². The number of aromatic nitrogens is 1. The van der Waals surface area contributed by atoms with Gasteiger partial charge in [-0.15, -0.1) is 0 Å². The third-order valence-electron chi connectivity index (χ3n) is 1.63. The zero-order chi connectivity index (χ0) is 9.84. The van der Waals surface area contributed by atoms with E-state index in [2.05, 4.69) is 10.3 Å². The maximum absolute atomic E-state index is 10.7. The van der Waals surface area contributed by atoms with Crippen molar-refractivity contribution >= 4 is 5.91 Å². The first kappa shape index (κ1) is 9.51. The van der Waals surface area contributed by atoms with Crippen molar-refractivity contribution in [2.75, 3.05) is 0 Å². The summed E-state index contributed by atoms with van der Waals surface area (Å²) in [5, 5.41) is 11.7. The minimum Gasteiger partial charge on any atom is -0.506 e. The Balaban J connectivity index is 2.71. The molecule has 1 aromatic rings. The van der Waals surface area contributed by atoms with Crippen molar-refractivity contribution in [2.24, 2.45) is 0 Å². The maximum atomic E-state index is 10.7. The minimum atomic E-state index is -0.127. The molecular formula is C9H12N2O2. The summed E-state index contributed by atoms with van der Waals surface area (Å²) in [5.74, 6) is 0.0288. The van der Waals surface area contributed by atoms with Gasteiger partial charge >= 0.3 is 0 Å². The Labute approximate surface area is 76.6 Å². The second-order valence-corrected chi connectivity index (χ2v) is 2.86. The quantitative estimate of drug-likeness (QED) is 0.713. The number of hydrogen-bond donors (Lipinski definition) is 2. The van der Waals surface area contributed by atoms with Crippen LogP contribution in [0.4, 0.5) is 0 Å². The lowest BCUT2D eigenvalue weighted by molar-refractivity contribution is -0.119. The molecule has 0 fully saturated rings. The highest BCUT2D eigenvalue weighted by Crippen LogP contribution is 2.12. The fourth-order valence-electron chi connectivity index (χ4n) is 1.03. The molecule has 0 saturated carbocycles. The van der Waals surface area contributed by atoms with E-state index < -0.39 is 0 Å². The predicted molar refractivity (Wildman–Crippen MR) is 48.1 cm³/mol. The number of pyridine rings is 1. The van der Waals surface area contributed by atoms with Gasteiger partial charge in [-0.1, -0.05) is 0 Å². The summed E-state index contributed by atoms with van der Waals surface area (Å²) in [6, 6.07) is 3.09. The van der Waals surface area contributed by atoms with Gasteiger partial charge in [0.1, 0.15) is 5.75 Å². The van der Waals surface area contributed by atoms with Crippen molar-refractivity contribution in [1.29, 1.82) is 0 Å². The number of carbonyl (C=O) groups is 1. The van der Waals surface area contributed by atoms with Gasteiger partial charge in [0.05, 0.1) is 17.9 Å². The number of carbonyl (C=O) groups excluding carboxylic acids is 1. The van der Waals surface area contributed by atoms with Crippen LogP contribution in [0.25, 0.3) is 0 Å². The summed E-state index contributed by atoms with van der Waals surface area (Å²) in [6.45, 7) is 3.29. The van der Waals surface area contributed by atoms with Crippen LogP contribution in [0.5, 0.6) is 5.75 Å².